The molecule has 0 aromatic heterocycles. The first kappa shape index (κ1) is 15.6. The van der Waals surface area contributed by atoms with Gasteiger partial charge in [-0.25, -0.2) is 4.79 Å². The summed E-state index contributed by atoms with van der Waals surface area (Å²) >= 11 is 6.14. The van der Waals surface area contributed by atoms with Crippen molar-refractivity contribution >= 4 is 17.6 Å². The summed E-state index contributed by atoms with van der Waals surface area (Å²) in [6.07, 6.45) is 0. The van der Waals surface area contributed by atoms with Crippen molar-refractivity contribution < 1.29 is 24.1 Å². The number of halogens is 1. The third-order valence-electron chi connectivity index (χ3n) is 3.40. The van der Waals surface area contributed by atoms with Crippen LogP contribution < -0.4 is 9.47 Å². The van der Waals surface area contributed by atoms with E-state index < -0.39 is 5.97 Å². The van der Waals surface area contributed by atoms with E-state index in [2.05, 4.69) is 0 Å². The monoisotopic (exact) mass is 334 g/mol. The smallest absolute Gasteiger partial charge is 0.338 e. The van der Waals surface area contributed by atoms with Crippen LogP contribution in [0.1, 0.15) is 21.5 Å². The van der Waals surface area contributed by atoms with Crippen LogP contribution in [0, 0.1) is 0 Å². The average Bonchev–Trinajstić information content (AvgIpc) is 2.60. The maximum atomic E-state index is 12.0. The number of ether oxygens (including phenoxy) is 3. The van der Waals surface area contributed by atoms with Crippen LogP contribution in [0.15, 0.2) is 36.4 Å². The molecule has 0 unspecified atom stereocenters. The van der Waals surface area contributed by atoms with Gasteiger partial charge in [0.1, 0.15) is 19.8 Å². The van der Waals surface area contributed by atoms with Gasteiger partial charge < -0.3 is 19.3 Å². The van der Waals surface area contributed by atoms with E-state index in [9.17, 15) is 4.79 Å². The van der Waals surface area contributed by atoms with Crippen molar-refractivity contribution in [2.45, 2.75) is 13.2 Å². The predicted molar refractivity (Wildman–Crippen MR) is 83.9 cm³/mol. The fraction of sp³-hybridized carbons (Fsp3) is 0.235. The third kappa shape index (κ3) is 3.57. The molecule has 0 atom stereocenters. The Hall–Kier alpha value is -2.24. The largest absolute Gasteiger partial charge is 0.486 e. The zero-order chi connectivity index (χ0) is 16.2. The average molecular weight is 335 g/mol. The molecular weight excluding hydrogens is 320 g/mol. The number of rotatable bonds is 4. The number of benzene rings is 2. The maximum Gasteiger partial charge on any atom is 0.338 e. The molecule has 0 amide bonds. The molecule has 120 valence electrons. The minimum absolute atomic E-state index is 0.0645. The van der Waals surface area contributed by atoms with Gasteiger partial charge in [-0.05, 0) is 35.4 Å². The Morgan fingerprint density at radius 1 is 1.13 bits per heavy atom. The molecule has 0 bridgehead atoms. The van der Waals surface area contributed by atoms with Gasteiger partial charge in [-0.1, -0.05) is 23.7 Å². The van der Waals surface area contributed by atoms with Gasteiger partial charge >= 0.3 is 5.97 Å². The first-order chi connectivity index (χ1) is 11.2. The second-order valence-corrected chi connectivity index (χ2v) is 5.44. The highest BCUT2D eigenvalue weighted by Gasteiger charge is 2.17. The third-order valence-corrected chi connectivity index (χ3v) is 3.68. The molecule has 23 heavy (non-hydrogen) atoms. The molecule has 0 radical (unpaired) electrons. The number of carbonyl (C=O) groups is 1. The van der Waals surface area contributed by atoms with E-state index in [-0.39, 0.29) is 13.2 Å². The molecule has 1 aliphatic heterocycles. The molecule has 3 rings (SSSR count). The van der Waals surface area contributed by atoms with Crippen LogP contribution in [-0.4, -0.2) is 24.3 Å². The highest BCUT2D eigenvalue weighted by molar-refractivity contribution is 6.32. The van der Waals surface area contributed by atoms with E-state index >= 15 is 0 Å². The molecule has 1 heterocycles. The molecule has 1 aliphatic rings. The summed E-state index contributed by atoms with van der Waals surface area (Å²) in [6.45, 7) is 0.941. The Kier molecular flexibility index (Phi) is 4.69. The van der Waals surface area contributed by atoms with Crippen molar-refractivity contribution in [2.24, 2.45) is 0 Å². The molecule has 6 heteroatoms. The van der Waals surface area contributed by atoms with Gasteiger partial charge in [0.15, 0.2) is 11.5 Å². The van der Waals surface area contributed by atoms with Gasteiger partial charge in [0.25, 0.3) is 0 Å². The Morgan fingerprint density at radius 2 is 1.87 bits per heavy atom. The van der Waals surface area contributed by atoms with Gasteiger partial charge in [-0.3, -0.25) is 0 Å². The van der Waals surface area contributed by atoms with E-state index in [0.29, 0.717) is 35.3 Å². The second kappa shape index (κ2) is 6.89. The Balaban J connectivity index is 1.67. The van der Waals surface area contributed by atoms with Crippen LogP contribution in [0.4, 0.5) is 0 Å². The lowest BCUT2D eigenvalue weighted by molar-refractivity contribution is 0.0472. The van der Waals surface area contributed by atoms with E-state index in [1.807, 2.05) is 0 Å². The SMILES string of the molecule is O=C(OCc1cc(Cl)c2c(c1)OCCO2)c1ccc(CO)cc1. The fourth-order valence-corrected chi connectivity index (χ4v) is 2.51. The van der Waals surface area contributed by atoms with E-state index in [0.717, 1.165) is 11.1 Å². The van der Waals surface area contributed by atoms with Crippen LogP contribution in [-0.2, 0) is 18.0 Å². The van der Waals surface area contributed by atoms with Crippen molar-refractivity contribution in [3.63, 3.8) is 0 Å². The van der Waals surface area contributed by atoms with Gasteiger partial charge in [-0.2, -0.15) is 0 Å². The Labute approximate surface area is 138 Å². The number of esters is 1. The number of hydrogen-bond donors (Lipinski definition) is 1. The normalized spacial score (nSPS) is 12.8. The number of aliphatic hydroxyl groups excluding tert-OH is 1. The lowest BCUT2D eigenvalue weighted by Gasteiger charge is -2.20. The van der Waals surface area contributed by atoms with Gasteiger partial charge in [-0.15, -0.1) is 0 Å². The number of hydrogen-bond acceptors (Lipinski definition) is 5. The molecule has 2 aromatic rings. The van der Waals surface area contributed by atoms with Gasteiger partial charge in [0, 0.05) is 0 Å². The zero-order valence-corrected chi connectivity index (χ0v) is 13.0. The van der Waals surface area contributed by atoms with E-state index in [1.54, 1.807) is 36.4 Å². The van der Waals surface area contributed by atoms with Crippen LogP contribution in [0.2, 0.25) is 5.02 Å². The maximum absolute atomic E-state index is 12.0. The standard InChI is InChI=1S/C17H15ClO5/c18-14-7-12(8-15-16(14)22-6-5-21-15)10-23-17(20)13-3-1-11(9-19)2-4-13/h1-4,7-8,19H,5-6,9-10H2. The molecule has 2 aromatic carbocycles. The molecule has 1 N–H and O–H groups in total. The summed E-state index contributed by atoms with van der Waals surface area (Å²) in [5.74, 6) is 0.634. The molecule has 0 saturated carbocycles. The summed E-state index contributed by atoms with van der Waals surface area (Å²) in [5.41, 5.74) is 1.88. The van der Waals surface area contributed by atoms with Crippen LogP contribution in [0.25, 0.3) is 0 Å². The summed E-state index contributed by atoms with van der Waals surface area (Å²) in [6, 6.07) is 10.0. The quantitative estimate of drug-likeness (QED) is 0.871. The number of carbonyl (C=O) groups excluding carboxylic acids is 1. The molecule has 0 fully saturated rings. The lowest BCUT2D eigenvalue weighted by Crippen LogP contribution is -2.16. The van der Waals surface area contributed by atoms with E-state index in [1.165, 1.54) is 0 Å². The first-order valence-corrected chi connectivity index (χ1v) is 7.50. The first-order valence-electron chi connectivity index (χ1n) is 7.12. The topological polar surface area (TPSA) is 65.0 Å². The van der Waals surface area contributed by atoms with Crippen molar-refractivity contribution in [3.8, 4) is 11.5 Å². The molecule has 5 nitrogen and oxygen atoms in total. The second-order valence-electron chi connectivity index (χ2n) is 5.03. The van der Waals surface area contributed by atoms with Crippen molar-refractivity contribution in [1.82, 2.24) is 0 Å². The molecular formula is C17H15ClO5. The minimum atomic E-state index is -0.444. The highest BCUT2D eigenvalue weighted by atomic mass is 35.5. The Morgan fingerprint density at radius 3 is 2.61 bits per heavy atom. The van der Waals surface area contributed by atoms with Crippen molar-refractivity contribution in [1.29, 1.82) is 0 Å². The summed E-state index contributed by atoms with van der Waals surface area (Å²) in [5, 5.41) is 9.42. The summed E-state index contributed by atoms with van der Waals surface area (Å²) in [4.78, 5) is 12.0. The molecule has 0 spiro atoms. The van der Waals surface area contributed by atoms with Gasteiger partial charge in [0.2, 0.25) is 0 Å². The summed E-state index contributed by atoms with van der Waals surface area (Å²) < 4.78 is 16.2. The number of aliphatic hydroxyl groups is 1. The van der Waals surface area contributed by atoms with Crippen LogP contribution >= 0.6 is 11.6 Å². The number of fused-ring (bicyclic) bond motifs is 1. The van der Waals surface area contributed by atoms with Gasteiger partial charge in [0.05, 0.1) is 17.2 Å². The molecule has 0 saturated heterocycles. The lowest BCUT2D eigenvalue weighted by atomic mass is 10.1. The zero-order valence-electron chi connectivity index (χ0n) is 12.3. The molecule has 0 aliphatic carbocycles. The van der Waals surface area contributed by atoms with Crippen molar-refractivity contribution in [2.75, 3.05) is 13.2 Å². The Bertz CT molecular complexity index is 712. The van der Waals surface area contributed by atoms with E-state index in [4.69, 9.17) is 30.9 Å². The van der Waals surface area contributed by atoms with Crippen molar-refractivity contribution in [3.05, 3.63) is 58.1 Å². The van der Waals surface area contributed by atoms with Crippen LogP contribution in [0.5, 0.6) is 11.5 Å². The van der Waals surface area contributed by atoms with Crippen LogP contribution in [0.3, 0.4) is 0 Å². The highest BCUT2D eigenvalue weighted by Crippen LogP contribution is 2.38. The fourth-order valence-electron chi connectivity index (χ4n) is 2.23. The summed E-state index contributed by atoms with van der Waals surface area (Å²) in [7, 11) is 0. The minimum Gasteiger partial charge on any atom is -0.486 e. The predicted octanol–water partition coefficient (Wildman–Crippen LogP) is 2.96.